The van der Waals surface area contributed by atoms with Crippen molar-refractivity contribution in [3.63, 3.8) is 0 Å². The number of carbonyl (C=O) groups is 1. The molecule has 0 heterocycles. The van der Waals surface area contributed by atoms with Gasteiger partial charge >= 0.3 is 0 Å². The smallest absolute Gasteiger partial charge is 0.150 e. The van der Waals surface area contributed by atoms with E-state index in [1.165, 1.54) is 44.2 Å². The van der Waals surface area contributed by atoms with Crippen LogP contribution in [-0.4, -0.2) is 11.5 Å². The van der Waals surface area contributed by atoms with E-state index in [-0.39, 0.29) is 5.82 Å². The molecule has 0 amide bonds. The Labute approximate surface area is 99.4 Å². The zero-order valence-electron chi connectivity index (χ0n) is 9.12. The lowest BCUT2D eigenvalue weighted by Crippen LogP contribution is -2.07. The molecule has 0 aromatic heterocycles. The monoisotopic (exact) mass is 238 g/mol. The fourth-order valence-corrected chi connectivity index (χ4v) is 3.43. The third-order valence-corrected chi connectivity index (χ3v) is 4.20. The Kier molecular flexibility index (Phi) is 3.99. The van der Waals surface area contributed by atoms with Crippen molar-refractivity contribution in [3.05, 3.63) is 29.6 Å². The Morgan fingerprint density at radius 3 is 2.62 bits per heavy atom. The van der Waals surface area contributed by atoms with Crippen molar-refractivity contribution in [1.82, 2.24) is 0 Å². The maximum absolute atomic E-state index is 13.2. The SMILES string of the molecule is O=Cc1cc(F)cc(SC2CCCCC2)c1. The minimum Gasteiger partial charge on any atom is -0.298 e. The number of aldehydes is 1. The number of hydrogen-bond donors (Lipinski definition) is 0. The minimum atomic E-state index is -0.317. The van der Waals surface area contributed by atoms with E-state index >= 15 is 0 Å². The number of hydrogen-bond acceptors (Lipinski definition) is 2. The van der Waals surface area contributed by atoms with Gasteiger partial charge in [0.15, 0.2) is 0 Å². The molecule has 1 saturated carbocycles. The summed E-state index contributed by atoms with van der Waals surface area (Å²) in [5.74, 6) is -0.317. The topological polar surface area (TPSA) is 17.1 Å². The van der Waals surface area contributed by atoms with Gasteiger partial charge in [-0.3, -0.25) is 4.79 Å². The zero-order valence-corrected chi connectivity index (χ0v) is 9.93. The van der Waals surface area contributed by atoms with Crippen molar-refractivity contribution >= 4 is 18.0 Å². The number of benzene rings is 1. The molecule has 16 heavy (non-hydrogen) atoms. The molecule has 0 spiro atoms. The van der Waals surface area contributed by atoms with Crippen LogP contribution in [0.25, 0.3) is 0 Å². The highest BCUT2D eigenvalue weighted by molar-refractivity contribution is 8.00. The Hall–Kier alpha value is -0.830. The van der Waals surface area contributed by atoms with Crippen molar-refractivity contribution in [2.24, 2.45) is 0 Å². The van der Waals surface area contributed by atoms with Gasteiger partial charge in [0.1, 0.15) is 12.1 Å². The highest BCUT2D eigenvalue weighted by atomic mass is 32.2. The average Bonchev–Trinajstić information content (AvgIpc) is 2.29. The summed E-state index contributed by atoms with van der Waals surface area (Å²) in [5, 5.41) is 0.593. The molecule has 0 N–H and O–H groups in total. The summed E-state index contributed by atoms with van der Waals surface area (Å²) in [5.41, 5.74) is 0.429. The second-order valence-corrected chi connectivity index (χ2v) is 5.59. The van der Waals surface area contributed by atoms with Crippen LogP contribution in [0, 0.1) is 5.82 Å². The Bertz CT molecular complexity index is 372. The van der Waals surface area contributed by atoms with E-state index in [0.717, 1.165) is 4.90 Å². The van der Waals surface area contributed by atoms with Crippen molar-refractivity contribution in [2.45, 2.75) is 42.2 Å². The molecule has 0 unspecified atom stereocenters. The van der Waals surface area contributed by atoms with Gasteiger partial charge in [-0.1, -0.05) is 19.3 Å². The number of carbonyl (C=O) groups excluding carboxylic acids is 1. The largest absolute Gasteiger partial charge is 0.298 e. The van der Waals surface area contributed by atoms with Gasteiger partial charge in [0, 0.05) is 15.7 Å². The fourth-order valence-electron chi connectivity index (χ4n) is 2.10. The highest BCUT2D eigenvalue weighted by Gasteiger charge is 2.15. The molecule has 0 atom stereocenters. The molecule has 1 aliphatic rings. The van der Waals surface area contributed by atoms with Crippen LogP contribution in [0.4, 0.5) is 4.39 Å². The lowest BCUT2D eigenvalue weighted by Gasteiger charge is -2.20. The van der Waals surface area contributed by atoms with Crippen LogP contribution in [0.2, 0.25) is 0 Å². The number of halogens is 1. The van der Waals surface area contributed by atoms with E-state index in [1.54, 1.807) is 17.8 Å². The summed E-state index contributed by atoms with van der Waals surface area (Å²) >= 11 is 1.71. The predicted molar refractivity (Wildman–Crippen MR) is 64.5 cm³/mol. The molecule has 1 fully saturated rings. The van der Waals surface area contributed by atoms with E-state index < -0.39 is 0 Å². The molecule has 1 aliphatic carbocycles. The van der Waals surface area contributed by atoms with Gasteiger partial charge in [-0.15, -0.1) is 11.8 Å². The molecular formula is C13H15FOS. The summed E-state index contributed by atoms with van der Waals surface area (Å²) in [6.07, 6.45) is 6.98. The Morgan fingerprint density at radius 1 is 1.19 bits per heavy atom. The molecule has 1 aromatic rings. The van der Waals surface area contributed by atoms with Gasteiger partial charge in [0.25, 0.3) is 0 Å². The molecule has 1 aromatic carbocycles. The first-order valence-corrected chi connectivity index (χ1v) is 6.58. The second-order valence-electron chi connectivity index (χ2n) is 4.22. The van der Waals surface area contributed by atoms with Crippen LogP contribution in [0.5, 0.6) is 0 Å². The molecule has 0 saturated heterocycles. The van der Waals surface area contributed by atoms with Crippen molar-refractivity contribution in [1.29, 1.82) is 0 Å². The zero-order chi connectivity index (χ0) is 11.4. The molecular weight excluding hydrogens is 223 g/mol. The van der Waals surface area contributed by atoms with E-state index in [2.05, 4.69) is 0 Å². The summed E-state index contributed by atoms with van der Waals surface area (Å²) in [7, 11) is 0. The molecule has 3 heteroatoms. The van der Waals surface area contributed by atoms with Gasteiger partial charge in [-0.25, -0.2) is 4.39 Å². The maximum Gasteiger partial charge on any atom is 0.150 e. The highest BCUT2D eigenvalue weighted by Crippen LogP contribution is 2.34. The van der Waals surface area contributed by atoms with E-state index in [1.807, 2.05) is 0 Å². The van der Waals surface area contributed by atoms with Crippen LogP contribution >= 0.6 is 11.8 Å². The molecule has 0 radical (unpaired) electrons. The third-order valence-electron chi connectivity index (χ3n) is 2.88. The first kappa shape index (κ1) is 11.6. The van der Waals surface area contributed by atoms with Gasteiger partial charge in [-0.05, 0) is 31.0 Å². The summed E-state index contributed by atoms with van der Waals surface area (Å²) in [6, 6.07) is 4.57. The Balaban J connectivity index is 2.07. The van der Waals surface area contributed by atoms with Crippen LogP contribution < -0.4 is 0 Å². The lowest BCUT2D eigenvalue weighted by atomic mass is 10.0. The molecule has 86 valence electrons. The van der Waals surface area contributed by atoms with Crippen LogP contribution in [0.15, 0.2) is 23.1 Å². The number of rotatable bonds is 3. The van der Waals surface area contributed by atoms with Crippen LogP contribution in [-0.2, 0) is 0 Å². The van der Waals surface area contributed by atoms with E-state index in [4.69, 9.17) is 0 Å². The van der Waals surface area contributed by atoms with Crippen molar-refractivity contribution < 1.29 is 9.18 Å². The van der Waals surface area contributed by atoms with Gasteiger partial charge in [-0.2, -0.15) is 0 Å². The second kappa shape index (κ2) is 5.48. The van der Waals surface area contributed by atoms with Crippen LogP contribution in [0.3, 0.4) is 0 Å². The quantitative estimate of drug-likeness (QED) is 0.738. The first-order chi connectivity index (χ1) is 7.78. The molecule has 1 nitrogen and oxygen atoms in total. The maximum atomic E-state index is 13.2. The lowest BCUT2D eigenvalue weighted by molar-refractivity contribution is 0.112. The standard InChI is InChI=1S/C13H15FOS/c14-11-6-10(9-15)7-13(8-11)16-12-4-2-1-3-5-12/h6-9,12H,1-5H2. The summed E-state index contributed by atoms with van der Waals surface area (Å²) in [6.45, 7) is 0. The Morgan fingerprint density at radius 2 is 1.94 bits per heavy atom. The average molecular weight is 238 g/mol. The number of thioether (sulfide) groups is 1. The van der Waals surface area contributed by atoms with Crippen LogP contribution in [0.1, 0.15) is 42.5 Å². The molecule has 2 rings (SSSR count). The van der Waals surface area contributed by atoms with Crippen molar-refractivity contribution in [2.75, 3.05) is 0 Å². The summed E-state index contributed by atoms with van der Waals surface area (Å²) < 4.78 is 13.2. The fraction of sp³-hybridized carbons (Fsp3) is 0.462. The molecule has 0 bridgehead atoms. The van der Waals surface area contributed by atoms with E-state index in [9.17, 15) is 9.18 Å². The predicted octanol–water partition coefficient (Wildman–Crippen LogP) is 4.06. The van der Waals surface area contributed by atoms with E-state index in [0.29, 0.717) is 17.1 Å². The van der Waals surface area contributed by atoms with Gasteiger partial charge in [0.05, 0.1) is 0 Å². The third kappa shape index (κ3) is 3.08. The molecule has 0 aliphatic heterocycles. The first-order valence-electron chi connectivity index (χ1n) is 5.70. The minimum absolute atomic E-state index is 0.317. The van der Waals surface area contributed by atoms with Crippen molar-refractivity contribution in [3.8, 4) is 0 Å². The van der Waals surface area contributed by atoms with Gasteiger partial charge < -0.3 is 0 Å². The summed E-state index contributed by atoms with van der Waals surface area (Å²) in [4.78, 5) is 11.5. The van der Waals surface area contributed by atoms with Gasteiger partial charge in [0.2, 0.25) is 0 Å². The normalized spacial score (nSPS) is 17.3.